The second kappa shape index (κ2) is 4.94. The van der Waals surface area contributed by atoms with Crippen LogP contribution in [0.15, 0.2) is 24.3 Å². The van der Waals surface area contributed by atoms with Crippen LogP contribution in [0.5, 0.6) is 0 Å². The number of alkyl halides is 2. The summed E-state index contributed by atoms with van der Waals surface area (Å²) in [6, 6.07) is 6.67. The van der Waals surface area contributed by atoms with E-state index in [0.717, 1.165) is 0 Å². The maximum Gasteiger partial charge on any atom is 0.339 e. The van der Waals surface area contributed by atoms with Gasteiger partial charge in [0.15, 0.2) is 0 Å². The fourth-order valence-electron chi connectivity index (χ4n) is 1.92. The molecule has 0 unspecified atom stereocenters. The number of aryl methyl sites for hydroxylation is 1. The number of carboxylic acids is 1. The predicted molar refractivity (Wildman–Crippen MR) is 64.5 cm³/mol. The zero-order valence-corrected chi connectivity index (χ0v) is 9.99. The topological polar surface area (TPSA) is 42.2 Å². The Morgan fingerprint density at radius 2 is 2.06 bits per heavy atom. The molecule has 1 heterocycles. The average Bonchev–Trinajstić information content (AvgIpc) is 2.58. The molecule has 0 saturated heterocycles. The number of hydrogen-bond donors (Lipinski definition) is 1. The van der Waals surface area contributed by atoms with Gasteiger partial charge in [-0.05, 0) is 6.07 Å². The first-order valence-corrected chi connectivity index (χ1v) is 5.68. The number of carbonyl (C=O) groups is 1. The normalized spacial score (nSPS) is 11.3. The van der Waals surface area contributed by atoms with E-state index in [0.29, 0.717) is 10.9 Å². The minimum atomic E-state index is -2.45. The van der Waals surface area contributed by atoms with Crippen molar-refractivity contribution in [1.29, 1.82) is 0 Å². The van der Waals surface area contributed by atoms with Gasteiger partial charge in [0.2, 0.25) is 6.43 Å². The third-order valence-corrected chi connectivity index (χ3v) is 3.09. The van der Waals surface area contributed by atoms with Gasteiger partial charge >= 0.3 is 5.97 Å². The number of halogens is 3. The molecule has 0 atom stereocenters. The van der Waals surface area contributed by atoms with Crippen LogP contribution in [0.25, 0.3) is 10.9 Å². The molecule has 0 amide bonds. The number of benzene rings is 1. The van der Waals surface area contributed by atoms with E-state index in [1.807, 2.05) is 0 Å². The summed E-state index contributed by atoms with van der Waals surface area (Å²) in [4.78, 5) is 11.1. The minimum absolute atomic E-state index is 0.00963. The Labute approximate surface area is 107 Å². The molecule has 0 bridgehead atoms. The van der Waals surface area contributed by atoms with E-state index >= 15 is 0 Å². The monoisotopic (exact) mass is 273 g/mol. The minimum Gasteiger partial charge on any atom is -0.478 e. The van der Waals surface area contributed by atoms with Gasteiger partial charge in [-0.1, -0.05) is 29.8 Å². The van der Waals surface area contributed by atoms with Gasteiger partial charge in [0.25, 0.3) is 0 Å². The van der Waals surface area contributed by atoms with Crippen LogP contribution >= 0.6 is 11.6 Å². The van der Waals surface area contributed by atoms with Crippen LogP contribution in [-0.2, 0) is 6.54 Å². The molecule has 0 aliphatic carbocycles. The highest BCUT2D eigenvalue weighted by Gasteiger charge is 2.20. The number of para-hydroxylation sites is 1. The van der Waals surface area contributed by atoms with Crippen molar-refractivity contribution < 1.29 is 18.7 Å². The Morgan fingerprint density at radius 1 is 1.39 bits per heavy atom. The fraction of sp³-hybridized carbons (Fsp3) is 0.250. The number of rotatable bonds is 4. The Kier molecular flexibility index (Phi) is 3.52. The highest BCUT2D eigenvalue weighted by molar-refractivity contribution is 6.35. The quantitative estimate of drug-likeness (QED) is 0.924. The Morgan fingerprint density at radius 3 is 2.67 bits per heavy atom. The van der Waals surface area contributed by atoms with Gasteiger partial charge in [0.1, 0.15) is 10.7 Å². The third-order valence-electron chi connectivity index (χ3n) is 2.69. The van der Waals surface area contributed by atoms with E-state index in [1.165, 1.54) is 4.57 Å². The van der Waals surface area contributed by atoms with E-state index in [1.54, 1.807) is 24.3 Å². The lowest BCUT2D eigenvalue weighted by molar-refractivity contribution is 0.0699. The summed E-state index contributed by atoms with van der Waals surface area (Å²) >= 11 is 5.97. The molecule has 18 heavy (non-hydrogen) atoms. The van der Waals surface area contributed by atoms with Gasteiger partial charge in [-0.15, -0.1) is 0 Å². The first-order valence-electron chi connectivity index (χ1n) is 5.30. The second-order valence-corrected chi connectivity index (χ2v) is 4.18. The average molecular weight is 274 g/mol. The SMILES string of the molecule is O=C(O)c1c(Cl)n(CCC(F)F)c2ccccc12. The lowest BCUT2D eigenvalue weighted by Crippen LogP contribution is -2.04. The summed E-state index contributed by atoms with van der Waals surface area (Å²) < 4.78 is 25.9. The standard InChI is InChI=1S/C12H10ClF2NO2/c13-11-10(12(17)18)7-3-1-2-4-8(7)16(11)6-5-9(14)15/h1-4,9H,5-6H2,(H,17,18). The molecular formula is C12H10ClF2NO2. The van der Waals surface area contributed by atoms with Crippen LogP contribution in [0.4, 0.5) is 8.78 Å². The van der Waals surface area contributed by atoms with Crippen LogP contribution in [0.2, 0.25) is 5.15 Å². The summed E-state index contributed by atoms with van der Waals surface area (Å²) in [6.07, 6.45) is -2.81. The first-order chi connectivity index (χ1) is 8.52. The van der Waals surface area contributed by atoms with Crippen molar-refractivity contribution >= 4 is 28.5 Å². The Balaban J connectivity index is 2.58. The van der Waals surface area contributed by atoms with Gasteiger partial charge in [0.05, 0.1) is 5.52 Å². The molecule has 3 nitrogen and oxygen atoms in total. The number of carboxylic acid groups (broad SMARTS) is 1. The van der Waals surface area contributed by atoms with Crippen molar-refractivity contribution in [2.24, 2.45) is 0 Å². The maximum absolute atomic E-state index is 12.2. The molecule has 1 N–H and O–H groups in total. The van der Waals surface area contributed by atoms with E-state index in [9.17, 15) is 13.6 Å². The number of aromatic nitrogens is 1. The van der Waals surface area contributed by atoms with Crippen molar-refractivity contribution in [3.8, 4) is 0 Å². The molecule has 0 radical (unpaired) electrons. The molecule has 0 aliphatic rings. The molecule has 0 saturated carbocycles. The second-order valence-electron chi connectivity index (χ2n) is 3.82. The fourth-order valence-corrected chi connectivity index (χ4v) is 2.28. The summed E-state index contributed by atoms with van der Waals surface area (Å²) in [6.45, 7) is -0.00963. The highest BCUT2D eigenvalue weighted by Crippen LogP contribution is 2.30. The molecule has 96 valence electrons. The van der Waals surface area contributed by atoms with E-state index in [-0.39, 0.29) is 23.7 Å². The summed E-state index contributed by atoms with van der Waals surface area (Å²) in [5.74, 6) is -1.16. The third kappa shape index (κ3) is 2.18. The number of aromatic carboxylic acids is 1. The molecule has 0 spiro atoms. The van der Waals surface area contributed by atoms with Crippen LogP contribution < -0.4 is 0 Å². The number of hydrogen-bond acceptors (Lipinski definition) is 1. The van der Waals surface area contributed by atoms with Crippen LogP contribution in [0, 0.1) is 0 Å². The predicted octanol–water partition coefficient (Wildman–Crippen LogP) is 3.65. The largest absolute Gasteiger partial charge is 0.478 e. The summed E-state index contributed by atoms with van der Waals surface area (Å²) in [5, 5.41) is 9.56. The van der Waals surface area contributed by atoms with Gasteiger partial charge in [-0.25, -0.2) is 13.6 Å². The molecule has 0 fully saturated rings. The molecule has 1 aromatic heterocycles. The smallest absolute Gasteiger partial charge is 0.339 e. The molecule has 2 rings (SSSR count). The molecule has 0 aliphatic heterocycles. The van der Waals surface area contributed by atoms with Crippen LogP contribution in [0.3, 0.4) is 0 Å². The highest BCUT2D eigenvalue weighted by atomic mass is 35.5. The van der Waals surface area contributed by atoms with Crippen molar-refractivity contribution in [1.82, 2.24) is 4.57 Å². The van der Waals surface area contributed by atoms with E-state index in [4.69, 9.17) is 16.7 Å². The van der Waals surface area contributed by atoms with Gasteiger partial charge in [-0.3, -0.25) is 0 Å². The summed E-state index contributed by atoms with van der Waals surface area (Å²) in [5.41, 5.74) is 0.516. The Hall–Kier alpha value is -1.62. The maximum atomic E-state index is 12.2. The van der Waals surface area contributed by atoms with Crippen molar-refractivity contribution in [2.45, 2.75) is 19.4 Å². The van der Waals surface area contributed by atoms with Crippen molar-refractivity contribution in [3.05, 3.63) is 35.0 Å². The molecule has 1 aromatic carbocycles. The van der Waals surface area contributed by atoms with E-state index in [2.05, 4.69) is 0 Å². The zero-order chi connectivity index (χ0) is 13.3. The molecule has 2 aromatic rings. The first kappa shape index (κ1) is 12.8. The van der Waals surface area contributed by atoms with Crippen LogP contribution in [0.1, 0.15) is 16.8 Å². The van der Waals surface area contributed by atoms with Crippen molar-refractivity contribution in [2.75, 3.05) is 0 Å². The van der Waals surface area contributed by atoms with Crippen molar-refractivity contribution in [3.63, 3.8) is 0 Å². The number of fused-ring (bicyclic) bond motifs is 1. The van der Waals surface area contributed by atoms with Crippen LogP contribution in [-0.4, -0.2) is 22.1 Å². The lowest BCUT2D eigenvalue weighted by atomic mass is 10.2. The Bertz CT molecular complexity index is 595. The zero-order valence-electron chi connectivity index (χ0n) is 9.24. The lowest BCUT2D eigenvalue weighted by Gasteiger charge is -2.06. The van der Waals surface area contributed by atoms with Gasteiger partial charge < -0.3 is 9.67 Å². The van der Waals surface area contributed by atoms with E-state index < -0.39 is 12.4 Å². The van der Waals surface area contributed by atoms with Gasteiger partial charge in [0, 0.05) is 18.4 Å². The number of nitrogens with zero attached hydrogens (tertiary/aromatic N) is 1. The summed E-state index contributed by atoms with van der Waals surface area (Å²) in [7, 11) is 0. The van der Waals surface area contributed by atoms with Gasteiger partial charge in [-0.2, -0.15) is 0 Å². The molecular weight excluding hydrogens is 264 g/mol. The molecule has 6 heteroatoms.